The minimum atomic E-state index is -1.23. The molecule has 0 aliphatic rings. The summed E-state index contributed by atoms with van der Waals surface area (Å²) in [6.07, 6.45) is 0. The molecule has 0 aliphatic heterocycles. The Bertz CT molecular complexity index is 487. The lowest BCUT2D eigenvalue weighted by Gasteiger charge is -2.26. The Kier molecular flexibility index (Phi) is 4.78. The maximum Gasteiger partial charge on any atom is 0.325 e. The molecule has 1 aromatic rings. The minimum Gasteiger partial charge on any atom is -0.480 e. The van der Waals surface area contributed by atoms with Gasteiger partial charge in [-0.25, -0.2) is 0 Å². The lowest BCUT2D eigenvalue weighted by atomic mass is 10.1. The molecule has 0 spiro atoms. The molecule has 0 heterocycles. The monoisotopic (exact) mass is 285 g/mol. The lowest BCUT2D eigenvalue weighted by Crippen LogP contribution is -2.51. The van der Waals surface area contributed by atoms with E-state index in [4.69, 9.17) is 21.4 Å². The minimum absolute atomic E-state index is 0.368. The number of hydrogen-bond donors (Lipinski definition) is 2. The van der Waals surface area contributed by atoms with Crippen LogP contribution < -0.4 is 10.1 Å². The number of benzene rings is 1. The fourth-order valence-electron chi connectivity index (χ4n) is 1.28. The van der Waals surface area contributed by atoms with Gasteiger partial charge in [-0.3, -0.25) is 9.59 Å². The molecule has 0 aliphatic carbocycles. The van der Waals surface area contributed by atoms with Crippen LogP contribution in [0.15, 0.2) is 24.3 Å². The van der Waals surface area contributed by atoms with E-state index in [-0.39, 0.29) is 0 Å². The fraction of sp³-hybridized carbons (Fsp3) is 0.385. The van der Waals surface area contributed by atoms with Gasteiger partial charge in [-0.05, 0) is 32.9 Å². The van der Waals surface area contributed by atoms with Gasteiger partial charge < -0.3 is 15.2 Å². The summed E-state index contributed by atoms with van der Waals surface area (Å²) in [6.45, 7) is 4.46. The average Bonchev–Trinajstić information content (AvgIpc) is 2.31. The molecule has 104 valence electrons. The number of halogens is 1. The van der Waals surface area contributed by atoms with Crippen molar-refractivity contribution in [1.29, 1.82) is 0 Å². The smallest absolute Gasteiger partial charge is 0.325 e. The number of nitrogens with one attached hydrogen (secondary N) is 1. The summed E-state index contributed by atoms with van der Waals surface area (Å²) < 4.78 is 5.54. The van der Waals surface area contributed by atoms with Gasteiger partial charge in [0.15, 0.2) is 5.60 Å². The van der Waals surface area contributed by atoms with Crippen LogP contribution in [0.4, 0.5) is 0 Å². The normalized spacial score (nSPS) is 12.6. The second kappa shape index (κ2) is 5.93. The number of aliphatic carboxylic acids is 1. The maximum absolute atomic E-state index is 12.0. The first kappa shape index (κ1) is 15.3. The number of hydrogen-bond acceptors (Lipinski definition) is 3. The highest BCUT2D eigenvalue weighted by molar-refractivity contribution is 6.32. The van der Waals surface area contributed by atoms with Crippen molar-refractivity contribution in [1.82, 2.24) is 5.32 Å². The van der Waals surface area contributed by atoms with Crippen molar-refractivity contribution in [3.05, 3.63) is 29.3 Å². The number of carbonyl (C=O) groups is 2. The summed E-state index contributed by atoms with van der Waals surface area (Å²) in [5.41, 5.74) is -1.23. The number of rotatable bonds is 5. The molecule has 19 heavy (non-hydrogen) atoms. The molecule has 0 fully saturated rings. The number of carbonyl (C=O) groups excluding carboxylic acids is 1. The van der Waals surface area contributed by atoms with Gasteiger partial charge in [0.2, 0.25) is 0 Å². The highest BCUT2D eigenvalue weighted by atomic mass is 35.5. The first-order chi connectivity index (χ1) is 8.74. The first-order valence-corrected chi connectivity index (χ1v) is 6.09. The predicted molar refractivity (Wildman–Crippen MR) is 71.4 cm³/mol. The highest BCUT2D eigenvalue weighted by Gasteiger charge is 2.32. The summed E-state index contributed by atoms with van der Waals surface area (Å²) >= 11 is 5.94. The number of carboxylic acids is 1. The molecule has 1 amide bonds. The Morgan fingerprint density at radius 3 is 2.47 bits per heavy atom. The summed E-state index contributed by atoms with van der Waals surface area (Å²) in [7, 11) is 0. The summed E-state index contributed by atoms with van der Waals surface area (Å²) in [5.74, 6) is -1.27. The molecule has 1 atom stereocenters. The van der Waals surface area contributed by atoms with Crippen LogP contribution >= 0.6 is 11.6 Å². The molecule has 2 N–H and O–H groups in total. The summed E-state index contributed by atoms with van der Waals surface area (Å²) in [5, 5.41) is 11.5. The zero-order chi connectivity index (χ0) is 14.6. The van der Waals surface area contributed by atoms with Crippen LogP contribution in [0.1, 0.15) is 20.8 Å². The number of ether oxygens (including phenoxy) is 1. The van der Waals surface area contributed by atoms with Gasteiger partial charge in [0.05, 0.1) is 5.02 Å². The second-order valence-corrected chi connectivity index (χ2v) is 4.98. The quantitative estimate of drug-likeness (QED) is 0.868. The van der Waals surface area contributed by atoms with Gasteiger partial charge in [-0.2, -0.15) is 0 Å². The maximum atomic E-state index is 12.0. The molecule has 0 bridgehead atoms. The average molecular weight is 286 g/mol. The third kappa shape index (κ3) is 4.13. The highest BCUT2D eigenvalue weighted by Crippen LogP contribution is 2.27. The third-order valence-electron chi connectivity index (χ3n) is 2.47. The Morgan fingerprint density at radius 1 is 1.37 bits per heavy atom. The van der Waals surface area contributed by atoms with Gasteiger partial charge in [-0.1, -0.05) is 23.7 Å². The van der Waals surface area contributed by atoms with Crippen LogP contribution in [0.3, 0.4) is 0 Å². The zero-order valence-corrected chi connectivity index (χ0v) is 11.7. The van der Waals surface area contributed by atoms with Crippen LogP contribution in [0.25, 0.3) is 0 Å². The van der Waals surface area contributed by atoms with E-state index in [1.165, 1.54) is 6.92 Å². The van der Waals surface area contributed by atoms with E-state index in [0.29, 0.717) is 10.8 Å². The van der Waals surface area contributed by atoms with Crippen molar-refractivity contribution >= 4 is 23.5 Å². The second-order valence-electron chi connectivity index (χ2n) is 4.58. The molecule has 1 aromatic carbocycles. The molecule has 0 saturated carbocycles. The van der Waals surface area contributed by atoms with Crippen molar-refractivity contribution in [2.75, 3.05) is 0 Å². The van der Waals surface area contributed by atoms with Crippen molar-refractivity contribution in [2.45, 2.75) is 32.4 Å². The van der Waals surface area contributed by atoms with E-state index in [9.17, 15) is 9.59 Å². The van der Waals surface area contributed by atoms with E-state index < -0.39 is 23.5 Å². The van der Waals surface area contributed by atoms with Gasteiger partial charge >= 0.3 is 5.97 Å². The summed E-state index contributed by atoms with van der Waals surface area (Å²) in [6, 6.07) is 5.77. The molecule has 5 nitrogen and oxygen atoms in total. The Morgan fingerprint density at radius 2 is 1.95 bits per heavy atom. The molecule has 1 rings (SSSR count). The summed E-state index contributed by atoms with van der Waals surface area (Å²) in [4.78, 5) is 22.7. The van der Waals surface area contributed by atoms with Crippen molar-refractivity contribution < 1.29 is 19.4 Å². The van der Waals surface area contributed by atoms with E-state index in [2.05, 4.69) is 5.32 Å². The van der Waals surface area contributed by atoms with E-state index in [1.807, 2.05) is 0 Å². The zero-order valence-electron chi connectivity index (χ0n) is 10.9. The van der Waals surface area contributed by atoms with Crippen LogP contribution in [-0.2, 0) is 9.59 Å². The number of para-hydroxylation sites is 1. The standard InChI is InChI=1S/C13H16ClNO4/c1-8(11(16)17)15-12(18)13(2,3)19-10-7-5-4-6-9(10)14/h4-8H,1-3H3,(H,15,18)(H,16,17). The van der Waals surface area contributed by atoms with Crippen LogP contribution in [-0.4, -0.2) is 28.6 Å². The van der Waals surface area contributed by atoms with Gasteiger partial charge in [0.1, 0.15) is 11.8 Å². The molecule has 0 saturated heterocycles. The van der Waals surface area contributed by atoms with Gasteiger partial charge in [0.25, 0.3) is 5.91 Å². The SMILES string of the molecule is CC(NC(=O)C(C)(C)Oc1ccccc1Cl)C(=O)O. The Balaban J connectivity index is 2.78. The molecule has 1 unspecified atom stereocenters. The number of carboxylic acid groups (broad SMARTS) is 1. The van der Waals surface area contributed by atoms with Crippen LogP contribution in [0.5, 0.6) is 5.75 Å². The van der Waals surface area contributed by atoms with Gasteiger partial charge in [-0.15, -0.1) is 0 Å². The molecule has 0 aromatic heterocycles. The number of amides is 1. The molecule has 6 heteroatoms. The molecular weight excluding hydrogens is 270 g/mol. The third-order valence-corrected chi connectivity index (χ3v) is 2.78. The molecule has 0 radical (unpaired) electrons. The van der Waals surface area contributed by atoms with Crippen molar-refractivity contribution in [3.63, 3.8) is 0 Å². The predicted octanol–water partition coefficient (Wildman–Crippen LogP) is 2.09. The van der Waals surface area contributed by atoms with Crippen LogP contribution in [0.2, 0.25) is 5.02 Å². The van der Waals surface area contributed by atoms with Crippen molar-refractivity contribution in [3.8, 4) is 5.75 Å². The largest absolute Gasteiger partial charge is 0.480 e. The van der Waals surface area contributed by atoms with Crippen LogP contribution in [0, 0.1) is 0 Å². The Hall–Kier alpha value is -1.75. The fourth-order valence-corrected chi connectivity index (χ4v) is 1.46. The van der Waals surface area contributed by atoms with E-state index >= 15 is 0 Å². The molecular formula is C13H16ClNO4. The Labute approximate surface area is 116 Å². The van der Waals surface area contributed by atoms with E-state index in [0.717, 1.165) is 0 Å². The van der Waals surface area contributed by atoms with E-state index in [1.54, 1.807) is 38.1 Å². The topological polar surface area (TPSA) is 75.6 Å². The first-order valence-electron chi connectivity index (χ1n) is 5.71. The van der Waals surface area contributed by atoms with Crippen molar-refractivity contribution in [2.24, 2.45) is 0 Å². The van der Waals surface area contributed by atoms with Gasteiger partial charge in [0, 0.05) is 0 Å². The lowest BCUT2D eigenvalue weighted by molar-refractivity contribution is -0.144.